The summed E-state index contributed by atoms with van der Waals surface area (Å²) >= 11 is 0. The summed E-state index contributed by atoms with van der Waals surface area (Å²) in [4.78, 5) is 0. The van der Waals surface area contributed by atoms with Crippen LogP contribution in [0.4, 0.5) is 52.7 Å². The van der Waals surface area contributed by atoms with Crippen LogP contribution in [0.25, 0.3) is 0 Å². The first-order valence-electron chi connectivity index (χ1n) is 4.33. The summed E-state index contributed by atoms with van der Waals surface area (Å²) < 4.78 is 147. The lowest BCUT2D eigenvalue weighted by molar-refractivity contribution is -0.412. The molecule has 0 bridgehead atoms. The fourth-order valence-corrected chi connectivity index (χ4v) is 1.54. The molecule has 0 aliphatic heterocycles. The molecule has 0 fully saturated rings. The predicted octanol–water partition coefficient (Wildman–Crippen LogP) is 5.02. The number of rotatable bonds is 2. The lowest BCUT2D eigenvalue weighted by atomic mass is 9.72. The third-order valence-electron chi connectivity index (χ3n) is 2.37. The Bertz CT molecular complexity index is 322. The molecule has 0 aliphatic rings. The van der Waals surface area contributed by atoms with Gasteiger partial charge in [-0.25, -0.2) is 0 Å². The average molecular weight is 328 g/mol. The van der Waals surface area contributed by atoms with Crippen LogP contribution in [0, 0.1) is 11.3 Å². The summed E-state index contributed by atoms with van der Waals surface area (Å²) in [5.74, 6) is -5.71. The molecule has 120 valence electrons. The van der Waals surface area contributed by atoms with E-state index in [1.165, 1.54) is 0 Å². The summed E-state index contributed by atoms with van der Waals surface area (Å²) in [7, 11) is 0. The van der Waals surface area contributed by atoms with E-state index < -0.39 is 42.1 Å². The third-order valence-corrected chi connectivity index (χ3v) is 2.37. The molecule has 0 amide bonds. The van der Waals surface area contributed by atoms with E-state index in [4.69, 9.17) is 0 Å². The van der Waals surface area contributed by atoms with E-state index in [0.29, 0.717) is 0 Å². The largest absolute Gasteiger partial charge is 0.407 e. The average Bonchev–Trinajstić information content (AvgIpc) is 2.04. The van der Waals surface area contributed by atoms with E-state index >= 15 is 0 Å². The molecule has 12 heteroatoms. The third kappa shape index (κ3) is 2.97. The van der Waals surface area contributed by atoms with Crippen LogP contribution < -0.4 is 0 Å². The molecular weight excluding hydrogens is 324 g/mol. The zero-order valence-electron chi connectivity index (χ0n) is 8.90. The van der Waals surface area contributed by atoms with Gasteiger partial charge in [-0.15, -0.1) is 6.58 Å². The fourth-order valence-electron chi connectivity index (χ4n) is 1.54. The molecule has 0 saturated carbocycles. The van der Waals surface area contributed by atoms with Gasteiger partial charge >= 0.3 is 24.7 Å². The molecule has 0 spiro atoms. The molecule has 0 heterocycles. The number of hydrogen-bond donors (Lipinski definition) is 0. The number of hydrogen-bond acceptors (Lipinski definition) is 0. The van der Waals surface area contributed by atoms with E-state index in [-0.39, 0.29) is 0 Å². The van der Waals surface area contributed by atoms with Crippen molar-refractivity contribution in [3.05, 3.63) is 12.7 Å². The fraction of sp³-hybridized carbons (Fsp3) is 0.750. The van der Waals surface area contributed by atoms with Crippen LogP contribution in [0.5, 0.6) is 0 Å². The van der Waals surface area contributed by atoms with Crippen molar-refractivity contribution < 1.29 is 52.7 Å². The first-order chi connectivity index (χ1) is 8.43. The van der Waals surface area contributed by atoms with Crippen LogP contribution in [-0.4, -0.2) is 24.7 Å². The van der Waals surface area contributed by atoms with Crippen molar-refractivity contribution in [2.24, 2.45) is 11.3 Å². The van der Waals surface area contributed by atoms with Gasteiger partial charge in [0.05, 0.1) is 0 Å². The number of alkyl halides is 12. The highest BCUT2D eigenvalue weighted by Crippen LogP contribution is 2.63. The van der Waals surface area contributed by atoms with E-state index in [0.717, 1.165) is 0 Å². The minimum Gasteiger partial charge on any atom is -0.170 e. The Kier molecular flexibility index (Phi) is 4.46. The maximum Gasteiger partial charge on any atom is 0.407 e. The van der Waals surface area contributed by atoms with Crippen molar-refractivity contribution in [2.75, 3.05) is 0 Å². The van der Waals surface area contributed by atoms with Gasteiger partial charge in [0.15, 0.2) is 11.3 Å². The van der Waals surface area contributed by atoms with Crippen LogP contribution >= 0.6 is 0 Å². The summed E-state index contributed by atoms with van der Waals surface area (Å²) in [5, 5.41) is 0. The minimum absolute atomic E-state index is 1.42. The zero-order valence-corrected chi connectivity index (χ0v) is 8.90. The Morgan fingerprint density at radius 1 is 0.600 bits per heavy atom. The van der Waals surface area contributed by atoms with Crippen molar-refractivity contribution in [2.45, 2.75) is 24.7 Å². The quantitative estimate of drug-likeness (QED) is 0.493. The summed E-state index contributed by atoms with van der Waals surface area (Å²) in [6, 6.07) is 0. The molecular formula is C8H4F12. The van der Waals surface area contributed by atoms with Gasteiger partial charge < -0.3 is 0 Å². The van der Waals surface area contributed by atoms with Gasteiger partial charge in [-0.3, -0.25) is 0 Å². The number of allylic oxidation sites excluding steroid dienone is 1. The van der Waals surface area contributed by atoms with E-state index in [9.17, 15) is 52.7 Å². The van der Waals surface area contributed by atoms with Gasteiger partial charge in [0.25, 0.3) is 0 Å². The van der Waals surface area contributed by atoms with Gasteiger partial charge in [0.2, 0.25) is 0 Å². The lowest BCUT2D eigenvalue weighted by Crippen LogP contribution is -2.61. The Hall–Kier alpha value is -1.10. The Balaban J connectivity index is 6.59. The highest BCUT2D eigenvalue weighted by atomic mass is 19.4. The standard InChI is InChI=1S/C8H4F12/c1-2-4(7(15,16)17,8(18,19)20)3(5(9,10)11)6(12,13)14/h2-3H,1H2. The van der Waals surface area contributed by atoms with E-state index in [1.54, 1.807) is 0 Å². The molecule has 0 saturated heterocycles. The maximum atomic E-state index is 12.4. The molecule has 0 aromatic carbocycles. The lowest BCUT2D eigenvalue weighted by Gasteiger charge is -2.42. The molecule has 0 aromatic heterocycles. The Morgan fingerprint density at radius 2 is 0.850 bits per heavy atom. The smallest absolute Gasteiger partial charge is 0.170 e. The predicted molar refractivity (Wildman–Crippen MR) is 40.3 cm³/mol. The van der Waals surface area contributed by atoms with Crippen molar-refractivity contribution >= 4 is 0 Å². The maximum absolute atomic E-state index is 12.4. The van der Waals surface area contributed by atoms with Crippen LogP contribution in [-0.2, 0) is 0 Å². The van der Waals surface area contributed by atoms with Crippen LogP contribution in [0.15, 0.2) is 12.7 Å². The van der Waals surface area contributed by atoms with Crippen molar-refractivity contribution in [1.82, 2.24) is 0 Å². The molecule has 0 rings (SSSR count). The SMILES string of the molecule is C=CC(C(C(F)(F)F)C(F)(F)F)(C(F)(F)F)C(F)(F)F. The van der Waals surface area contributed by atoms with Gasteiger partial charge in [0, 0.05) is 0 Å². The zero-order chi connectivity index (χ0) is 16.8. The van der Waals surface area contributed by atoms with Gasteiger partial charge in [-0.05, 0) is 0 Å². The molecule has 0 aliphatic carbocycles. The molecule has 20 heavy (non-hydrogen) atoms. The van der Waals surface area contributed by atoms with Gasteiger partial charge in [-0.1, -0.05) is 6.08 Å². The summed E-state index contributed by atoms with van der Waals surface area (Å²) in [6.07, 6.45) is -28.9. The first kappa shape index (κ1) is 18.9. The molecule has 0 nitrogen and oxygen atoms in total. The van der Waals surface area contributed by atoms with E-state index in [2.05, 4.69) is 0 Å². The highest BCUT2D eigenvalue weighted by molar-refractivity contribution is 5.12. The van der Waals surface area contributed by atoms with Crippen LogP contribution in [0.1, 0.15) is 0 Å². The van der Waals surface area contributed by atoms with Gasteiger partial charge in [-0.2, -0.15) is 52.7 Å². The second-order valence-electron chi connectivity index (χ2n) is 3.58. The topological polar surface area (TPSA) is 0 Å². The highest BCUT2D eigenvalue weighted by Gasteiger charge is 2.82. The van der Waals surface area contributed by atoms with E-state index in [1.807, 2.05) is 6.58 Å². The van der Waals surface area contributed by atoms with Crippen molar-refractivity contribution in [3.8, 4) is 0 Å². The summed E-state index contributed by atoms with van der Waals surface area (Å²) in [6.45, 7) is 1.87. The van der Waals surface area contributed by atoms with Crippen LogP contribution in [0.3, 0.4) is 0 Å². The van der Waals surface area contributed by atoms with Crippen LogP contribution in [0.2, 0.25) is 0 Å². The minimum atomic E-state index is -6.90. The summed E-state index contributed by atoms with van der Waals surface area (Å²) in [5.41, 5.74) is -6.18. The normalized spacial score (nSPS) is 15.7. The first-order valence-corrected chi connectivity index (χ1v) is 4.33. The molecule has 0 unspecified atom stereocenters. The molecule has 0 radical (unpaired) electrons. The molecule has 0 aromatic rings. The Morgan fingerprint density at radius 3 is 0.900 bits per heavy atom. The molecule has 0 atom stereocenters. The second-order valence-corrected chi connectivity index (χ2v) is 3.58. The van der Waals surface area contributed by atoms with Crippen molar-refractivity contribution in [3.63, 3.8) is 0 Å². The molecule has 0 N–H and O–H groups in total. The number of halogens is 12. The second kappa shape index (κ2) is 4.72. The monoisotopic (exact) mass is 328 g/mol. The Labute approximate surface area is 103 Å². The van der Waals surface area contributed by atoms with Gasteiger partial charge in [0.1, 0.15) is 0 Å². The van der Waals surface area contributed by atoms with Crippen molar-refractivity contribution in [1.29, 1.82) is 0 Å².